The normalized spacial score (nSPS) is 15.6. The van der Waals surface area contributed by atoms with Crippen LogP contribution in [0.15, 0.2) is 18.2 Å². The number of carbonyl (C=O) groups excluding carboxylic acids is 2. The van der Waals surface area contributed by atoms with Crippen molar-refractivity contribution in [2.75, 3.05) is 33.2 Å². The van der Waals surface area contributed by atoms with E-state index >= 15 is 0 Å². The number of nitrogens with one attached hydrogen (secondary N) is 2. The lowest BCUT2D eigenvalue weighted by Crippen LogP contribution is -3.14. The highest BCUT2D eigenvalue weighted by molar-refractivity contribution is 7.17. The van der Waals surface area contributed by atoms with Crippen LogP contribution in [0.25, 0.3) is 0 Å². The topological polar surface area (TPSA) is 78.3 Å². The first-order valence-electron chi connectivity index (χ1n) is 9.49. The van der Waals surface area contributed by atoms with Crippen LogP contribution < -0.4 is 19.7 Å². The maximum absolute atomic E-state index is 12.9. The Morgan fingerprint density at radius 1 is 1.10 bits per heavy atom. The summed E-state index contributed by atoms with van der Waals surface area (Å²) in [6.07, 6.45) is 0.784. The molecule has 2 N–H and O–H groups in total. The number of quaternary nitrogens is 1. The third-order valence-corrected chi connectivity index (χ3v) is 6.37. The van der Waals surface area contributed by atoms with Gasteiger partial charge in [-0.2, -0.15) is 0 Å². The molecule has 1 unspecified atom stereocenters. The number of hydrogen-bond donors (Lipinski definition) is 2. The van der Waals surface area contributed by atoms with E-state index < -0.39 is 5.97 Å². The van der Waals surface area contributed by atoms with Gasteiger partial charge in [-0.25, -0.2) is 4.79 Å². The summed E-state index contributed by atoms with van der Waals surface area (Å²) in [6, 6.07) is 5.46. The van der Waals surface area contributed by atoms with Crippen LogP contribution in [0.4, 0.5) is 5.00 Å². The van der Waals surface area contributed by atoms with E-state index in [1.807, 2.05) is 0 Å². The summed E-state index contributed by atoms with van der Waals surface area (Å²) in [5.74, 6) is 0.279. The Morgan fingerprint density at radius 3 is 2.31 bits per heavy atom. The summed E-state index contributed by atoms with van der Waals surface area (Å²) in [5.41, 5.74) is 1.85. The van der Waals surface area contributed by atoms with Gasteiger partial charge in [-0.15, -0.1) is 11.3 Å². The quantitative estimate of drug-likeness (QED) is 0.702. The zero-order chi connectivity index (χ0) is 21.1. The molecule has 1 aliphatic rings. The number of rotatable bonds is 6. The molecule has 156 valence electrons. The molecule has 7 nitrogen and oxygen atoms in total. The van der Waals surface area contributed by atoms with Crippen LogP contribution in [0, 0.1) is 0 Å². The lowest BCUT2D eigenvalue weighted by molar-refractivity contribution is -0.936. The largest absolute Gasteiger partial charge is 0.497 e. The Morgan fingerprint density at radius 2 is 1.76 bits per heavy atom. The van der Waals surface area contributed by atoms with Gasteiger partial charge in [0, 0.05) is 18.1 Å². The predicted octanol–water partition coefficient (Wildman–Crippen LogP) is 2.15. The molecule has 1 aromatic carbocycles. The van der Waals surface area contributed by atoms with Crippen molar-refractivity contribution < 1.29 is 28.7 Å². The summed E-state index contributed by atoms with van der Waals surface area (Å²) < 4.78 is 15.5. The zero-order valence-electron chi connectivity index (χ0n) is 17.4. The van der Waals surface area contributed by atoms with E-state index in [-0.39, 0.29) is 5.91 Å². The highest BCUT2D eigenvalue weighted by atomic mass is 32.1. The van der Waals surface area contributed by atoms with Gasteiger partial charge in [0.25, 0.3) is 5.91 Å². The molecule has 0 saturated heterocycles. The molecule has 0 aliphatic carbocycles. The highest BCUT2D eigenvalue weighted by Crippen LogP contribution is 2.36. The number of benzene rings is 1. The van der Waals surface area contributed by atoms with Crippen molar-refractivity contribution in [2.24, 2.45) is 0 Å². The van der Waals surface area contributed by atoms with Gasteiger partial charge in [0.1, 0.15) is 23.0 Å². The van der Waals surface area contributed by atoms with Crippen LogP contribution in [0.1, 0.15) is 45.0 Å². The third-order valence-electron chi connectivity index (χ3n) is 5.22. The van der Waals surface area contributed by atoms with Crippen LogP contribution >= 0.6 is 11.3 Å². The lowest BCUT2D eigenvalue weighted by Gasteiger charge is -2.27. The van der Waals surface area contributed by atoms with Crippen molar-refractivity contribution in [3.05, 3.63) is 39.8 Å². The number of carbonyl (C=O) groups is 2. The second-order valence-corrected chi connectivity index (χ2v) is 8.35. The Kier molecular flexibility index (Phi) is 6.44. The lowest BCUT2D eigenvalue weighted by atomic mass is 10.0. The van der Waals surface area contributed by atoms with Crippen molar-refractivity contribution in [3.8, 4) is 11.5 Å². The Bertz CT molecular complexity index is 900. The SMILES string of the molecule is COC(=O)c1c(NC(=O)c2cc(OC)cc(OC)c2)sc2c1CC[NH+](C(C)C)C2. The summed E-state index contributed by atoms with van der Waals surface area (Å²) in [4.78, 5) is 28.0. The number of anilines is 1. The number of fused-ring (bicyclic) bond motifs is 1. The number of ether oxygens (including phenoxy) is 3. The van der Waals surface area contributed by atoms with Gasteiger partial charge in [0.05, 0.1) is 44.4 Å². The van der Waals surface area contributed by atoms with E-state index in [0.717, 1.165) is 30.0 Å². The van der Waals surface area contributed by atoms with Gasteiger partial charge in [0.15, 0.2) is 0 Å². The number of esters is 1. The number of methoxy groups -OCH3 is 3. The first-order valence-corrected chi connectivity index (χ1v) is 10.3. The number of amides is 1. The smallest absolute Gasteiger partial charge is 0.341 e. The van der Waals surface area contributed by atoms with Crippen molar-refractivity contribution in [3.63, 3.8) is 0 Å². The summed E-state index contributed by atoms with van der Waals surface area (Å²) in [5, 5.41) is 3.43. The Labute approximate surface area is 174 Å². The minimum atomic E-state index is -0.422. The standard InChI is InChI=1S/C21H26N2O5S/c1-12(2)23-7-6-16-17(11-23)29-20(18(16)21(25)28-5)22-19(24)13-8-14(26-3)10-15(9-13)27-4/h8-10,12H,6-7,11H2,1-5H3,(H,22,24)/p+1. The van der Waals surface area contributed by atoms with Crippen LogP contribution in [0.5, 0.6) is 11.5 Å². The Hall–Kier alpha value is -2.58. The van der Waals surface area contributed by atoms with Crippen molar-refractivity contribution in [2.45, 2.75) is 32.9 Å². The minimum absolute atomic E-state index is 0.334. The van der Waals surface area contributed by atoms with Crippen LogP contribution in [-0.4, -0.2) is 45.8 Å². The van der Waals surface area contributed by atoms with Crippen LogP contribution in [0.2, 0.25) is 0 Å². The second-order valence-electron chi connectivity index (χ2n) is 7.24. The monoisotopic (exact) mass is 419 g/mol. The molecule has 0 spiro atoms. The molecule has 8 heteroatoms. The molecule has 1 amide bonds. The fourth-order valence-corrected chi connectivity index (χ4v) is 4.80. The van der Waals surface area contributed by atoms with E-state index in [1.165, 1.54) is 37.6 Å². The fraction of sp³-hybridized carbons (Fsp3) is 0.429. The Balaban J connectivity index is 1.95. The van der Waals surface area contributed by atoms with E-state index in [0.29, 0.717) is 33.7 Å². The van der Waals surface area contributed by atoms with E-state index in [9.17, 15) is 9.59 Å². The first kappa shape index (κ1) is 21.1. The molecule has 0 fully saturated rings. The van der Waals surface area contributed by atoms with Crippen LogP contribution in [0.3, 0.4) is 0 Å². The molecule has 0 saturated carbocycles. The maximum atomic E-state index is 12.9. The van der Waals surface area contributed by atoms with Gasteiger partial charge in [-0.05, 0) is 31.5 Å². The van der Waals surface area contributed by atoms with E-state index in [2.05, 4.69) is 19.2 Å². The average molecular weight is 420 g/mol. The molecule has 3 rings (SSSR count). The molecular formula is C21H27N2O5S+. The van der Waals surface area contributed by atoms with Crippen LogP contribution in [-0.2, 0) is 17.7 Å². The van der Waals surface area contributed by atoms with Crippen molar-refractivity contribution in [1.82, 2.24) is 0 Å². The minimum Gasteiger partial charge on any atom is -0.497 e. The summed E-state index contributed by atoms with van der Waals surface area (Å²) in [6.45, 7) is 6.17. The van der Waals surface area contributed by atoms with Gasteiger partial charge in [-0.3, -0.25) is 4.79 Å². The van der Waals surface area contributed by atoms with Gasteiger partial charge in [-0.1, -0.05) is 0 Å². The number of thiophene rings is 1. The fourth-order valence-electron chi connectivity index (χ4n) is 3.51. The van der Waals surface area contributed by atoms with Crippen molar-refractivity contribution in [1.29, 1.82) is 0 Å². The summed E-state index contributed by atoms with van der Waals surface area (Å²) >= 11 is 1.45. The molecule has 1 aliphatic heterocycles. The average Bonchev–Trinajstić information content (AvgIpc) is 3.09. The van der Waals surface area contributed by atoms with E-state index in [4.69, 9.17) is 14.2 Å². The second kappa shape index (κ2) is 8.84. The third kappa shape index (κ3) is 4.38. The predicted molar refractivity (Wildman–Crippen MR) is 112 cm³/mol. The molecule has 29 heavy (non-hydrogen) atoms. The maximum Gasteiger partial charge on any atom is 0.341 e. The zero-order valence-corrected chi connectivity index (χ0v) is 18.2. The summed E-state index contributed by atoms with van der Waals surface area (Å²) in [7, 11) is 4.42. The van der Waals surface area contributed by atoms with E-state index in [1.54, 1.807) is 18.2 Å². The van der Waals surface area contributed by atoms with Gasteiger partial charge >= 0.3 is 5.97 Å². The molecule has 0 bridgehead atoms. The molecule has 0 radical (unpaired) electrons. The first-order chi connectivity index (χ1) is 13.9. The molecule has 1 atom stereocenters. The molecule has 2 heterocycles. The van der Waals surface area contributed by atoms with Gasteiger partial charge in [0.2, 0.25) is 0 Å². The number of hydrogen-bond acceptors (Lipinski definition) is 6. The van der Waals surface area contributed by atoms with Crippen molar-refractivity contribution >= 4 is 28.2 Å². The highest BCUT2D eigenvalue weighted by Gasteiger charge is 2.32. The molecule has 2 aromatic rings. The molecule has 1 aromatic heterocycles. The van der Waals surface area contributed by atoms with Gasteiger partial charge < -0.3 is 24.4 Å². The molecular weight excluding hydrogens is 392 g/mol.